The number of hydrogen-bond acceptors (Lipinski definition) is 6. The second kappa shape index (κ2) is 8.59. The van der Waals surface area contributed by atoms with Crippen molar-refractivity contribution in [2.75, 3.05) is 36.4 Å². The van der Waals surface area contributed by atoms with Crippen LogP contribution in [0.25, 0.3) is 0 Å². The molecule has 1 aromatic carbocycles. The molecule has 0 saturated carbocycles. The van der Waals surface area contributed by atoms with Gasteiger partial charge in [0.1, 0.15) is 10.6 Å². The van der Waals surface area contributed by atoms with E-state index in [9.17, 15) is 9.59 Å². The highest BCUT2D eigenvalue weighted by Gasteiger charge is 2.25. The molecule has 0 radical (unpaired) electrons. The number of halogens is 1. The summed E-state index contributed by atoms with van der Waals surface area (Å²) in [6, 6.07) is 9.44. The molecule has 0 bridgehead atoms. The van der Waals surface area contributed by atoms with Gasteiger partial charge in [0.15, 0.2) is 0 Å². The largest absolute Gasteiger partial charge is 0.368 e. The molecule has 7 nitrogen and oxygen atoms in total. The Balaban J connectivity index is 1.40. The predicted molar refractivity (Wildman–Crippen MR) is 114 cm³/mol. The van der Waals surface area contributed by atoms with Crippen molar-refractivity contribution in [3.63, 3.8) is 0 Å². The minimum absolute atomic E-state index is 0.0785. The number of anilines is 2. The van der Waals surface area contributed by atoms with Crippen LogP contribution in [0.4, 0.5) is 11.4 Å². The molecule has 0 spiro atoms. The van der Waals surface area contributed by atoms with Gasteiger partial charge >= 0.3 is 0 Å². The molecule has 1 fully saturated rings. The second-order valence-corrected chi connectivity index (χ2v) is 7.82. The maximum Gasteiger partial charge on any atom is 0.275 e. The maximum atomic E-state index is 13.0. The number of rotatable bonds is 4. The highest BCUT2D eigenvalue weighted by atomic mass is 35.5. The number of hydrogen-bond donors (Lipinski definition) is 1. The van der Waals surface area contributed by atoms with Crippen molar-refractivity contribution in [1.82, 2.24) is 14.9 Å². The Morgan fingerprint density at radius 3 is 2.48 bits per heavy atom. The van der Waals surface area contributed by atoms with Crippen LogP contribution in [0.15, 0.2) is 54.3 Å². The van der Waals surface area contributed by atoms with E-state index < -0.39 is 5.91 Å². The normalized spacial score (nSPS) is 14.0. The molecule has 0 unspecified atom stereocenters. The topological polar surface area (TPSA) is 78.4 Å². The Hall–Kier alpha value is -2.97. The van der Waals surface area contributed by atoms with E-state index in [0.29, 0.717) is 28.7 Å². The van der Waals surface area contributed by atoms with Gasteiger partial charge in [-0.2, -0.15) is 0 Å². The van der Waals surface area contributed by atoms with Crippen LogP contribution < -0.4 is 10.2 Å². The van der Waals surface area contributed by atoms with E-state index in [0.717, 1.165) is 18.8 Å². The lowest BCUT2D eigenvalue weighted by Crippen LogP contribution is -2.48. The van der Waals surface area contributed by atoms with E-state index in [1.54, 1.807) is 11.4 Å². The number of aromatic nitrogens is 2. The Morgan fingerprint density at radius 1 is 1.03 bits per heavy atom. The monoisotopic (exact) mass is 427 g/mol. The molecule has 4 rings (SSSR count). The number of amides is 2. The predicted octanol–water partition coefficient (Wildman–Crippen LogP) is 3.41. The highest BCUT2D eigenvalue weighted by Crippen LogP contribution is 2.26. The van der Waals surface area contributed by atoms with Crippen molar-refractivity contribution >= 4 is 46.1 Å². The zero-order chi connectivity index (χ0) is 20.2. The third-order valence-electron chi connectivity index (χ3n) is 4.66. The molecule has 2 aromatic heterocycles. The van der Waals surface area contributed by atoms with Crippen LogP contribution in [0.3, 0.4) is 0 Å². The Labute approximate surface area is 177 Å². The Bertz CT molecular complexity index is 1000. The van der Waals surface area contributed by atoms with Gasteiger partial charge in [-0.3, -0.25) is 14.6 Å². The fourth-order valence-electron chi connectivity index (χ4n) is 3.14. The Morgan fingerprint density at radius 2 is 1.79 bits per heavy atom. The zero-order valence-corrected chi connectivity index (χ0v) is 17.0. The molecule has 0 atom stereocenters. The molecule has 1 saturated heterocycles. The van der Waals surface area contributed by atoms with Gasteiger partial charge in [-0.1, -0.05) is 11.6 Å². The lowest BCUT2D eigenvalue weighted by molar-refractivity contribution is 0.0752. The molecule has 2 amide bonds. The van der Waals surface area contributed by atoms with E-state index in [2.05, 4.69) is 20.2 Å². The van der Waals surface area contributed by atoms with Crippen LogP contribution in [-0.4, -0.2) is 52.9 Å². The van der Waals surface area contributed by atoms with Crippen LogP contribution in [0.1, 0.15) is 20.2 Å². The van der Waals surface area contributed by atoms with Gasteiger partial charge < -0.3 is 15.1 Å². The molecule has 148 valence electrons. The standard InChI is InChI=1S/C20H18ClN5O2S/c21-14-1-3-15(4-2-14)25-8-10-26(11-9-25)20(28)18-16(5-12-29-18)24-19(27)17-13-22-6-7-23-17/h1-7,12-13H,8-11H2,(H,24,27). The summed E-state index contributed by atoms with van der Waals surface area (Å²) < 4.78 is 0. The van der Waals surface area contributed by atoms with Crippen LogP contribution in [0.5, 0.6) is 0 Å². The smallest absolute Gasteiger partial charge is 0.275 e. The molecule has 3 heterocycles. The minimum atomic E-state index is -0.391. The molecule has 9 heteroatoms. The highest BCUT2D eigenvalue weighted by molar-refractivity contribution is 7.12. The zero-order valence-electron chi connectivity index (χ0n) is 15.4. The average molecular weight is 428 g/mol. The number of carbonyl (C=O) groups excluding carboxylic acids is 2. The van der Waals surface area contributed by atoms with Crippen LogP contribution in [0.2, 0.25) is 5.02 Å². The molecule has 1 aliphatic rings. The summed E-state index contributed by atoms with van der Waals surface area (Å²) in [7, 11) is 0. The van der Waals surface area contributed by atoms with E-state index in [1.165, 1.54) is 29.9 Å². The third-order valence-corrected chi connectivity index (χ3v) is 5.82. The summed E-state index contributed by atoms with van der Waals surface area (Å²) in [5, 5.41) is 5.27. The second-order valence-electron chi connectivity index (χ2n) is 6.46. The SMILES string of the molecule is O=C(Nc1ccsc1C(=O)N1CCN(c2ccc(Cl)cc2)CC1)c1cnccn1. The number of benzene rings is 1. The van der Waals surface area contributed by atoms with Crippen molar-refractivity contribution in [3.05, 3.63) is 69.9 Å². The first-order chi connectivity index (χ1) is 14.1. The van der Waals surface area contributed by atoms with Gasteiger partial charge in [-0.25, -0.2) is 4.98 Å². The van der Waals surface area contributed by atoms with Crippen molar-refractivity contribution in [1.29, 1.82) is 0 Å². The summed E-state index contributed by atoms with van der Waals surface area (Å²) in [6.07, 6.45) is 4.34. The van der Waals surface area contributed by atoms with Crippen LogP contribution in [-0.2, 0) is 0 Å². The first-order valence-electron chi connectivity index (χ1n) is 9.06. The van der Waals surface area contributed by atoms with Gasteiger partial charge in [-0.15, -0.1) is 11.3 Å². The molecule has 3 aromatic rings. The average Bonchev–Trinajstić information content (AvgIpc) is 3.22. The van der Waals surface area contributed by atoms with E-state index in [-0.39, 0.29) is 11.6 Å². The van der Waals surface area contributed by atoms with Crippen LogP contribution in [0, 0.1) is 0 Å². The first-order valence-corrected chi connectivity index (χ1v) is 10.3. The van der Waals surface area contributed by atoms with Gasteiger partial charge in [0.05, 0.1) is 11.9 Å². The summed E-state index contributed by atoms with van der Waals surface area (Å²) in [5.41, 5.74) is 1.79. The van der Waals surface area contributed by atoms with Crippen LogP contribution >= 0.6 is 22.9 Å². The number of piperazine rings is 1. The van der Waals surface area contributed by atoms with Crippen molar-refractivity contribution in [2.24, 2.45) is 0 Å². The lowest BCUT2D eigenvalue weighted by atomic mass is 10.2. The number of carbonyl (C=O) groups is 2. The van der Waals surface area contributed by atoms with E-state index >= 15 is 0 Å². The summed E-state index contributed by atoms with van der Waals surface area (Å²) in [6.45, 7) is 2.69. The third kappa shape index (κ3) is 4.38. The van der Waals surface area contributed by atoms with Crippen molar-refractivity contribution in [3.8, 4) is 0 Å². The van der Waals surface area contributed by atoms with Gasteiger partial charge in [0.2, 0.25) is 0 Å². The van der Waals surface area contributed by atoms with Crippen molar-refractivity contribution < 1.29 is 9.59 Å². The molecule has 1 aliphatic heterocycles. The number of thiophene rings is 1. The fraction of sp³-hybridized carbons (Fsp3) is 0.200. The summed E-state index contributed by atoms with van der Waals surface area (Å²) >= 11 is 7.27. The Kier molecular flexibility index (Phi) is 5.73. The first kappa shape index (κ1) is 19.4. The molecular weight excluding hydrogens is 410 g/mol. The van der Waals surface area contributed by atoms with Crippen molar-refractivity contribution in [2.45, 2.75) is 0 Å². The lowest BCUT2D eigenvalue weighted by Gasteiger charge is -2.36. The number of nitrogens with one attached hydrogen (secondary N) is 1. The van der Waals surface area contributed by atoms with Gasteiger partial charge in [0, 0.05) is 49.3 Å². The molecular formula is C20H18ClN5O2S. The van der Waals surface area contributed by atoms with E-state index in [1.807, 2.05) is 29.2 Å². The quantitative estimate of drug-likeness (QED) is 0.690. The van der Waals surface area contributed by atoms with Gasteiger partial charge in [-0.05, 0) is 35.7 Å². The maximum absolute atomic E-state index is 13.0. The fourth-order valence-corrected chi connectivity index (χ4v) is 4.08. The molecule has 29 heavy (non-hydrogen) atoms. The minimum Gasteiger partial charge on any atom is -0.368 e. The van der Waals surface area contributed by atoms with Gasteiger partial charge in [0.25, 0.3) is 11.8 Å². The van der Waals surface area contributed by atoms with E-state index in [4.69, 9.17) is 11.6 Å². The molecule has 1 N–H and O–H groups in total. The number of nitrogens with zero attached hydrogens (tertiary/aromatic N) is 4. The summed E-state index contributed by atoms with van der Waals surface area (Å²) in [5.74, 6) is -0.469. The summed E-state index contributed by atoms with van der Waals surface area (Å²) in [4.78, 5) is 37.8. The molecule has 0 aliphatic carbocycles.